The van der Waals surface area contributed by atoms with Gasteiger partial charge in [-0.05, 0) is 51.5 Å². The average molecular weight is 339 g/mol. The monoisotopic (exact) mass is 339 g/mol. The molecule has 0 saturated heterocycles. The number of aromatic amines is 1. The van der Waals surface area contributed by atoms with Crippen LogP contribution in [0.25, 0.3) is 0 Å². The number of nitrogens with zero attached hydrogens (tertiary/aromatic N) is 1. The molecule has 2 aromatic rings. The zero-order valence-corrected chi connectivity index (χ0v) is 15.1. The van der Waals surface area contributed by atoms with Gasteiger partial charge in [0.15, 0.2) is 0 Å². The van der Waals surface area contributed by atoms with Crippen molar-refractivity contribution in [1.82, 2.24) is 15.3 Å². The largest absolute Gasteiger partial charge is 0.349 e. The SMILES string of the molecule is Cc1ccc([C@H](NC(=O)CCc2c(C)nc(C)[nH]c2=O)C2CC2)cc1. The molecule has 3 rings (SSSR count). The van der Waals surface area contributed by atoms with Crippen LogP contribution in [0.15, 0.2) is 29.1 Å². The maximum Gasteiger partial charge on any atom is 0.254 e. The molecule has 1 aliphatic rings. The summed E-state index contributed by atoms with van der Waals surface area (Å²) in [6, 6.07) is 8.42. The third kappa shape index (κ3) is 4.35. The maximum absolute atomic E-state index is 12.4. The molecule has 25 heavy (non-hydrogen) atoms. The number of aromatic nitrogens is 2. The summed E-state index contributed by atoms with van der Waals surface area (Å²) >= 11 is 0. The molecule has 132 valence electrons. The van der Waals surface area contributed by atoms with E-state index in [1.54, 1.807) is 6.92 Å². The highest BCUT2D eigenvalue weighted by Crippen LogP contribution is 2.41. The van der Waals surface area contributed by atoms with E-state index in [1.165, 1.54) is 5.56 Å². The number of hydrogen-bond donors (Lipinski definition) is 2. The Morgan fingerprint density at radius 2 is 1.92 bits per heavy atom. The summed E-state index contributed by atoms with van der Waals surface area (Å²) < 4.78 is 0. The minimum Gasteiger partial charge on any atom is -0.349 e. The Labute approximate surface area is 147 Å². The van der Waals surface area contributed by atoms with E-state index in [2.05, 4.69) is 46.5 Å². The molecular weight excluding hydrogens is 314 g/mol. The van der Waals surface area contributed by atoms with Crippen LogP contribution in [0.2, 0.25) is 0 Å². The summed E-state index contributed by atoms with van der Waals surface area (Å²) in [6.45, 7) is 5.63. The maximum atomic E-state index is 12.4. The van der Waals surface area contributed by atoms with Gasteiger partial charge in [0.1, 0.15) is 5.82 Å². The minimum absolute atomic E-state index is 0.0168. The number of carbonyl (C=O) groups is 1. The highest BCUT2D eigenvalue weighted by Gasteiger charge is 2.33. The first-order valence-electron chi connectivity index (χ1n) is 8.86. The molecule has 0 aliphatic heterocycles. The lowest BCUT2D eigenvalue weighted by Crippen LogP contribution is -2.30. The molecule has 1 amide bonds. The standard InChI is InChI=1S/C20H25N3O2/c1-12-4-6-15(7-5-12)19(16-8-9-16)23-18(24)11-10-17-13(2)21-14(3)22-20(17)25/h4-7,16,19H,8-11H2,1-3H3,(H,23,24)(H,21,22,25)/t19-/m0/s1. The zero-order valence-electron chi connectivity index (χ0n) is 15.1. The number of benzene rings is 1. The van der Waals surface area contributed by atoms with Gasteiger partial charge in [0.25, 0.3) is 5.56 Å². The molecule has 1 atom stereocenters. The highest BCUT2D eigenvalue weighted by molar-refractivity contribution is 5.76. The van der Waals surface area contributed by atoms with Crippen LogP contribution in [0.5, 0.6) is 0 Å². The molecule has 5 nitrogen and oxygen atoms in total. The second kappa shape index (κ2) is 7.21. The quantitative estimate of drug-likeness (QED) is 0.850. The van der Waals surface area contributed by atoms with E-state index in [9.17, 15) is 9.59 Å². The number of hydrogen-bond acceptors (Lipinski definition) is 3. The number of amides is 1. The van der Waals surface area contributed by atoms with Crippen molar-refractivity contribution < 1.29 is 4.79 Å². The smallest absolute Gasteiger partial charge is 0.254 e. The second-order valence-electron chi connectivity index (χ2n) is 7.01. The lowest BCUT2D eigenvalue weighted by atomic mass is 10.0. The van der Waals surface area contributed by atoms with E-state index in [1.807, 2.05) is 6.92 Å². The van der Waals surface area contributed by atoms with Crippen LogP contribution in [-0.2, 0) is 11.2 Å². The van der Waals surface area contributed by atoms with Crippen LogP contribution in [0.3, 0.4) is 0 Å². The number of carbonyl (C=O) groups excluding carboxylic acids is 1. The van der Waals surface area contributed by atoms with E-state index in [0.29, 0.717) is 35.8 Å². The van der Waals surface area contributed by atoms with Crippen LogP contribution in [0, 0.1) is 26.7 Å². The van der Waals surface area contributed by atoms with Gasteiger partial charge in [-0.15, -0.1) is 0 Å². The summed E-state index contributed by atoms with van der Waals surface area (Å²) in [4.78, 5) is 31.5. The number of aryl methyl sites for hydroxylation is 3. The predicted octanol–water partition coefficient (Wildman–Crippen LogP) is 2.90. The molecule has 1 saturated carbocycles. The number of nitrogens with one attached hydrogen (secondary N) is 2. The highest BCUT2D eigenvalue weighted by atomic mass is 16.1. The Morgan fingerprint density at radius 1 is 1.24 bits per heavy atom. The van der Waals surface area contributed by atoms with E-state index in [0.717, 1.165) is 18.4 Å². The molecule has 0 spiro atoms. The summed E-state index contributed by atoms with van der Waals surface area (Å²) in [7, 11) is 0. The minimum atomic E-state index is -0.143. The first kappa shape index (κ1) is 17.4. The van der Waals surface area contributed by atoms with E-state index in [-0.39, 0.29) is 17.5 Å². The normalized spacial score (nSPS) is 15.0. The molecule has 2 N–H and O–H groups in total. The lowest BCUT2D eigenvalue weighted by Gasteiger charge is -2.19. The average Bonchev–Trinajstić information content (AvgIpc) is 3.37. The van der Waals surface area contributed by atoms with Gasteiger partial charge in [-0.1, -0.05) is 29.8 Å². The fraction of sp³-hybridized carbons (Fsp3) is 0.450. The van der Waals surface area contributed by atoms with Crippen LogP contribution < -0.4 is 10.9 Å². The summed E-state index contributed by atoms with van der Waals surface area (Å²) in [6.07, 6.45) is 3.01. The van der Waals surface area contributed by atoms with Crippen molar-refractivity contribution in [3.63, 3.8) is 0 Å². The summed E-state index contributed by atoms with van der Waals surface area (Å²) in [5.74, 6) is 1.11. The molecule has 1 fully saturated rings. The lowest BCUT2D eigenvalue weighted by molar-refractivity contribution is -0.122. The Hall–Kier alpha value is -2.43. The van der Waals surface area contributed by atoms with Crippen molar-refractivity contribution in [2.24, 2.45) is 5.92 Å². The zero-order chi connectivity index (χ0) is 18.0. The second-order valence-corrected chi connectivity index (χ2v) is 7.01. The van der Waals surface area contributed by atoms with E-state index < -0.39 is 0 Å². The van der Waals surface area contributed by atoms with E-state index >= 15 is 0 Å². The van der Waals surface area contributed by atoms with Gasteiger partial charge in [-0.2, -0.15) is 0 Å². The molecule has 0 bridgehead atoms. The predicted molar refractivity (Wildman–Crippen MR) is 97.4 cm³/mol. The fourth-order valence-electron chi connectivity index (χ4n) is 3.21. The Kier molecular flexibility index (Phi) is 5.02. The van der Waals surface area contributed by atoms with Gasteiger partial charge in [0, 0.05) is 17.7 Å². The fourth-order valence-corrected chi connectivity index (χ4v) is 3.21. The van der Waals surface area contributed by atoms with Gasteiger partial charge < -0.3 is 10.3 Å². The van der Waals surface area contributed by atoms with Gasteiger partial charge in [0.05, 0.1) is 6.04 Å². The third-order valence-corrected chi connectivity index (χ3v) is 4.79. The Balaban J connectivity index is 1.65. The van der Waals surface area contributed by atoms with Gasteiger partial charge in [-0.3, -0.25) is 9.59 Å². The van der Waals surface area contributed by atoms with Gasteiger partial charge in [0.2, 0.25) is 5.91 Å². The van der Waals surface area contributed by atoms with Crippen molar-refractivity contribution >= 4 is 5.91 Å². The molecule has 1 aromatic heterocycles. The van der Waals surface area contributed by atoms with Crippen molar-refractivity contribution in [2.75, 3.05) is 0 Å². The van der Waals surface area contributed by atoms with Crippen LogP contribution in [0.4, 0.5) is 0 Å². The number of H-pyrrole nitrogens is 1. The molecular formula is C20H25N3O2. The Bertz CT molecular complexity index is 820. The molecule has 0 unspecified atom stereocenters. The molecule has 1 heterocycles. The molecule has 1 aliphatic carbocycles. The van der Waals surface area contributed by atoms with Crippen LogP contribution in [0.1, 0.15) is 53.5 Å². The van der Waals surface area contributed by atoms with Gasteiger partial charge >= 0.3 is 0 Å². The Morgan fingerprint density at radius 3 is 2.52 bits per heavy atom. The van der Waals surface area contributed by atoms with Crippen molar-refractivity contribution in [3.05, 3.63) is 62.8 Å². The number of rotatable bonds is 6. The molecule has 0 radical (unpaired) electrons. The first-order valence-corrected chi connectivity index (χ1v) is 8.86. The molecule has 1 aromatic carbocycles. The summed E-state index contributed by atoms with van der Waals surface area (Å²) in [5.41, 5.74) is 3.53. The van der Waals surface area contributed by atoms with E-state index in [4.69, 9.17) is 0 Å². The third-order valence-electron chi connectivity index (χ3n) is 4.79. The van der Waals surface area contributed by atoms with Crippen molar-refractivity contribution in [2.45, 2.75) is 52.5 Å². The summed E-state index contributed by atoms with van der Waals surface area (Å²) in [5, 5.41) is 3.16. The van der Waals surface area contributed by atoms with Gasteiger partial charge in [-0.25, -0.2) is 4.98 Å². The van der Waals surface area contributed by atoms with Crippen molar-refractivity contribution in [3.8, 4) is 0 Å². The van der Waals surface area contributed by atoms with Crippen LogP contribution in [-0.4, -0.2) is 15.9 Å². The molecule has 5 heteroatoms. The topological polar surface area (TPSA) is 74.8 Å². The van der Waals surface area contributed by atoms with Crippen LogP contribution >= 0.6 is 0 Å². The van der Waals surface area contributed by atoms with Crippen molar-refractivity contribution in [1.29, 1.82) is 0 Å². The first-order chi connectivity index (χ1) is 11.9.